The van der Waals surface area contributed by atoms with Gasteiger partial charge in [-0.05, 0) is 42.9 Å². The standard InChI is InChI=1S/C20H29NO3S/c1-5-11-24-20(23)17-13-25-18(12-14(3)4)21(17)19(22)16-9-7-15(6-2)8-10-16/h7-10,14,17-18H,5-6,11-13H2,1-4H3/t17-,18+/m1/s1. The number of carbonyl (C=O) groups excluding carboxylic acids is 2. The maximum Gasteiger partial charge on any atom is 0.329 e. The lowest BCUT2D eigenvalue weighted by Gasteiger charge is -2.29. The molecule has 1 amide bonds. The van der Waals surface area contributed by atoms with Crippen LogP contribution in [0, 0.1) is 5.92 Å². The molecule has 138 valence electrons. The molecule has 25 heavy (non-hydrogen) atoms. The number of aryl methyl sites for hydroxylation is 1. The number of nitrogens with zero attached hydrogens (tertiary/aromatic N) is 1. The molecule has 1 heterocycles. The van der Waals surface area contributed by atoms with Crippen LogP contribution in [-0.4, -0.2) is 40.6 Å². The number of ether oxygens (including phenoxy) is 1. The smallest absolute Gasteiger partial charge is 0.329 e. The number of amides is 1. The van der Waals surface area contributed by atoms with Crippen molar-refractivity contribution in [2.75, 3.05) is 12.4 Å². The van der Waals surface area contributed by atoms with Crippen LogP contribution in [0.1, 0.15) is 56.5 Å². The van der Waals surface area contributed by atoms with Crippen molar-refractivity contribution in [2.45, 2.75) is 58.4 Å². The molecule has 0 radical (unpaired) electrons. The maximum absolute atomic E-state index is 13.1. The van der Waals surface area contributed by atoms with Gasteiger partial charge in [0.1, 0.15) is 6.04 Å². The number of rotatable bonds is 7. The summed E-state index contributed by atoms with van der Waals surface area (Å²) in [7, 11) is 0. The molecule has 1 aliphatic rings. The third-order valence-corrected chi connectivity index (χ3v) is 5.64. The van der Waals surface area contributed by atoms with Crippen molar-refractivity contribution >= 4 is 23.6 Å². The van der Waals surface area contributed by atoms with Gasteiger partial charge in [-0.2, -0.15) is 0 Å². The van der Waals surface area contributed by atoms with Crippen molar-refractivity contribution in [3.8, 4) is 0 Å². The second-order valence-electron chi connectivity index (χ2n) is 6.86. The lowest BCUT2D eigenvalue weighted by atomic mass is 10.1. The van der Waals surface area contributed by atoms with E-state index in [1.165, 1.54) is 5.56 Å². The second-order valence-corrected chi connectivity index (χ2v) is 8.07. The highest BCUT2D eigenvalue weighted by atomic mass is 32.2. The van der Waals surface area contributed by atoms with Crippen LogP contribution in [-0.2, 0) is 16.0 Å². The molecule has 0 unspecified atom stereocenters. The van der Waals surface area contributed by atoms with Crippen LogP contribution >= 0.6 is 11.8 Å². The Labute approximate surface area is 155 Å². The van der Waals surface area contributed by atoms with Crippen LogP contribution < -0.4 is 0 Å². The lowest BCUT2D eigenvalue weighted by molar-refractivity contribution is -0.148. The van der Waals surface area contributed by atoms with Gasteiger partial charge < -0.3 is 9.64 Å². The highest BCUT2D eigenvalue weighted by Crippen LogP contribution is 2.35. The predicted molar refractivity (Wildman–Crippen MR) is 103 cm³/mol. The van der Waals surface area contributed by atoms with E-state index in [4.69, 9.17) is 4.74 Å². The third kappa shape index (κ3) is 5.00. The van der Waals surface area contributed by atoms with Crippen molar-refractivity contribution in [3.63, 3.8) is 0 Å². The summed E-state index contributed by atoms with van der Waals surface area (Å²) in [6.07, 6.45) is 2.60. The summed E-state index contributed by atoms with van der Waals surface area (Å²) < 4.78 is 5.34. The van der Waals surface area contributed by atoms with Gasteiger partial charge in [-0.1, -0.05) is 39.8 Å². The number of thioether (sulfide) groups is 1. The van der Waals surface area contributed by atoms with E-state index in [1.54, 1.807) is 16.7 Å². The van der Waals surface area contributed by atoms with E-state index in [1.807, 2.05) is 31.2 Å². The zero-order valence-electron chi connectivity index (χ0n) is 15.7. The quantitative estimate of drug-likeness (QED) is 0.683. The van der Waals surface area contributed by atoms with Gasteiger partial charge in [-0.25, -0.2) is 4.79 Å². The van der Waals surface area contributed by atoms with Gasteiger partial charge in [-0.15, -0.1) is 11.8 Å². The van der Waals surface area contributed by atoms with Crippen molar-refractivity contribution in [1.82, 2.24) is 4.90 Å². The SMILES string of the molecule is CCCOC(=O)[C@H]1CS[C@@H](CC(C)C)N1C(=O)c1ccc(CC)cc1. The van der Waals surface area contributed by atoms with Crippen LogP contribution in [0.25, 0.3) is 0 Å². The molecule has 0 bridgehead atoms. The minimum atomic E-state index is -0.487. The Morgan fingerprint density at radius 2 is 1.92 bits per heavy atom. The summed E-state index contributed by atoms with van der Waals surface area (Å²) in [6.45, 7) is 8.74. The van der Waals surface area contributed by atoms with Gasteiger partial charge in [0.2, 0.25) is 0 Å². The molecule has 0 aromatic heterocycles. The average Bonchev–Trinajstić information content (AvgIpc) is 3.02. The second kappa shape index (κ2) is 9.27. The van der Waals surface area contributed by atoms with E-state index >= 15 is 0 Å². The van der Waals surface area contributed by atoms with Gasteiger partial charge in [0, 0.05) is 11.3 Å². The molecule has 1 aromatic carbocycles. The van der Waals surface area contributed by atoms with E-state index in [-0.39, 0.29) is 17.3 Å². The van der Waals surface area contributed by atoms with Gasteiger partial charge in [0.05, 0.1) is 12.0 Å². The summed E-state index contributed by atoms with van der Waals surface area (Å²) >= 11 is 1.68. The highest BCUT2D eigenvalue weighted by Gasteiger charge is 2.42. The fourth-order valence-corrected chi connectivity index (χ4v) is 4.56. The zero-order chi connectivity index (χ0) is 18.4. The Morgan fingerprint density at radius 3 is 2.48 bits per heavy atom. The third-order valence-electron chi connectivity index (χ3n) is 4.33. The fraction of sp³-hybridized carbons (Fsp3) is 0.600. The molecule has 1 aromatic rings. The largest absolute Gasteiger partial charge is 0.464 e. The molecule has 1 aliphatic heterocycles. The average molecular weight is 364 g/mol. The summed E-state index contributed by atoms with van der Waals surface area (Å²) in [4.78, 5) is 27.3. The molecule has 4 nitrogen and oxygen atoms in total. The van der Waals surface area contributed by atoms with E-state index in [0.717, 1.165) is 19.3 Å². The molecule has 5 heteroatoms. The molecular weight excluding hydrogens is 334 g/mol. The number of hydrogen-bond donors (Lipinski definition) is 0. The molecular formula is C20H29NO3S. The Balaban J connectivity index is 2.23. The molecule has 1 saturated heterocycles. The fourth-order valence-electron chi connectivity index (χ4n) is 2.93. The van der Waals surface area contributed by atoms with E-state index in [9.17, 15) is 9.59 Å². The Morgan fingerprint density at radius 1 is 1.24 bits per heavy atom. The van der Waals surface area contributed by atoms with E-state index in [2.05, 4.69) is 20.8 Å². The van der Waals surface area contributed by atoms with E-state index in [0.29, 0.717) is 23.8 Å². The Bertz CT molecular complexity index is 585. The highest BCUT2D eigenvalue weighted by molar-refractivity contribution is 8.00. The number of benzene rings is 1. The minimum Gasteiger partial charge on any atom is -0.464 e. The summed E-state index contributed by atoms with van der Waals surface area (Å²) in [5.41, 5.74) is 1.84. The number of hydrogen-bond acceptors (Lipinski definition) is 4. The summed E-state index contributed by atoms with van der Waals surface area (Å²) in [5, 5.41) is 0.0255. The van der Waals surface area contributed by atoms with E-state index < -0.39 is 6.04 Å². The molecule has 0 aliphatic carbocycles. The van der Waals surface area contributed by atoms with Crippen molar-refractivity contribution in [2.24, 2.45) is 5.92 Å². The van der Waals surface area contributed by atoms with Gasteiger partial charge in [0.15, 0.2) is 0 Å². The minimum absolute atomic E-state index is 0.0255. The number of esters is 1. The molecule has 0 N–H and O–H groups in total. The van der Waals surface area contributed by atoms with Crippen molar-refractivity contribution < 1.29 is 14.3 Å². The Hall–Kier alpha value is -1.49. The molecule has 0 spiro atoms. The topological polar surface area (TPSA) is 46.6 Å². The maximum atomic E-state index is 13.1. The molecule has 0 saturated carbocycles. The first kappa shape index (κ1) is 19.8. The lowest BCUT2D eigenvalue weighted by Crippen LogP contribution is -2.46. The molecule has 2 atom stereocenters. The molecule has 1 fully saturated rings. The first-order valence-corrected chi connectivity index (χ1v) is 10.2. The van der Waals surface area contributed by atoms with Gasteiger partial charge in [-0.3, -0.25) is 4.79 Å². The van der Waals surface area contributed by atoms with Crippen molar-refractivity contribution in [1.29, 1.82) is 0 Å². The molecule has 2 rings (SSSR count). The van der Waals surface area contributed by atoms with Crippen LogP contribution in [0.4, 0.5) is 0 Å². The first-order valence-electron chi connectivity index (χ1n) is 9.17. The number of carbonyl (C=O) groups is 2. The van der Waals surface area contributed by atoms with Crippen LogP contribution in [0.3, 0.4) is 0 Å². The summed E-state index contributed by atoms with van der Waals surface area (Å²) in [5.74, 6) is 0.718. The van der Waals surface area contributed by atoms with Gasteiger partial charge in [0.25, 0.3) is 5.91 Å². The summed E-state index contributed by atoms with van der Waals surface area (Å²) in [6, 6.07) is 7.21. The van der Waals surface area contributed by atoms with Crippen LogP contribution in [0.15, 0.2) is 24.3 Å². The van der Waals surface area contributed by atoms with Crippen LogP contribution in [0.5, 0.6) is 0 Å². The predicted octanol–water partition coefficient (Wildman–Crippen LogP) is 4.13. The monoisotopic (exact) mass is 363 g/mol. The van der Waals surface area contributed by atoms with Gasteiger partial charge >= 0.3 is 5.97 Å². The van der Waals surface area contributed by atoms with Crippen LogP contribution in [0.2, 0.25) is 0 Å². The zero-order valence-corrected chi connectivity index (χ0v) is 16.5. The van der Waals surface area contributed by atoms with Crippen molar-refractivity contribution in [3.05, 3.63) is 35.4 Å². The normalized spacial score (nSPS) is 20.1. The Kier molecular flexibility index (Phi) is 7.36. The first-order chi connectivity index (χ1) is 12.0.